The van der Waals surface area contributed by atoms with Crippen molar-refractivity contribution >= 4 is 23.4 Å². The molecular formula is C14H21NO4S. The van der Waals surface area contributed by atoms with Gasteiger partial charge in [-0.2, -0.15) is 0 Å². The Morgan fingerprint density at radius 1 is 1.45 bits per heavy atom. The third kappa shape index (κ3) is 4.70. The van der Waals surface area contributed by atoms with Gasteiger partial charge in [0.05, 0.1) is 18.3 Å². The van der Waals surface area contributed by atoms with Crippen LogP contribution in [0.25, 0.3) is 0 Å². The number of hydrogen-bond acceptors (Lipinski definition) is 5. The zero-order valence-electron chi connectivity index (χ0n) is 12.0. The molecule has 1 rings (SSSR count). The van der Waals surface area contributed by atoms with Crippen LogP contribution in [0, 0.1) is 0 Å². The van der Waals surface area contributed by atoms with Crippen molar-refractivity contribution in [2.24, 2.45) is 0 Å². The zero-order valence-corrected chi connectivity index (χ0v) is 12.8. The Morgan fingerprint density at radius 2 is 2.20 bits per heavy atom. The Labute approximate surface area is 123 Å². The highest BCUT2D eigenvalue weighted by Crippen LogP contribution is 2.28. The van der Waals surface area contributed by atoms with Crippen molar-refractivity contribution in [2.75, 3.05) is 38.4 Å². The van der Waals surface area contributed by atoms with E-state index in [2.05, 4.69) is 5.32 Å². The maximum atomic E-state index is 11.4. The minimum absolute atomic E-state index is 0.121. The molecule has 0 aliphatic carbocycles. The minimum Gasteiger partial charge on any atom is -0.478 e. The third-order valence-corrected chi connectivity index (χ3v) is 3.69. The zero-order chi connectivity index (χ0) is 15.0. The summed E-state index contributed by atoms with van der Waals surface area (Å²) in [6, 6.07) is 5.44. The van der Waals surface area contributed by atoms with Gasteiger partial charge in [0, 0.05) is 31.3 Å². The summed E-state index contributed by atoms with van der Waals surface area (Å²) in [4.78, 5) is 12.2. The quantitative estimate of drug-likeness (QED) is 0.683. The number of ether oxygens (including phenoxy) is 2. The third-order valence-electron chi connectivity index (χ3n) is 2.75. The average Bonchev–Trinajstić information content (AvgIpc) is 2.43. The average molecular weight is 299 g/mol. The monoisotopic (exact) mass is 299 g/mol. The fourth-order valence-corrected chi connectivity index (χ4v) is 2.62. The number of carboxylic acid groups (broad SMARTS) is 1. The smallest absolute Gasteiger partial charge is 0.338 e. The van der Waals surface area contributed by atoms with E-state index in [1.807, 2.05) is 19.1 Å². The molecule has 0 aliphatic rings. The summed E-state index contributed by atoms with van der Waals surface area (Å²) < 4.78 is 10.3. The Hall–Kier alpha value is -1.24. The molecule has 0 radical (unpaired) electrons. The summed E-state index contributed by atoms with van der Waals surface area (Å²) in [6.45, 7) is 2.94. The molecule has 0 heterocycles. The number of nitrogens with one attached hydrogen (secondary N) is 1. The second-order valence-corrected chi connectivity index (χ2v) is 5.42. The van der Waals surface area contributed by atoms with Gasteiger partial charge in [0.2, 0.25) is 0 Å². The summed E-state index contributed by atoms with van der Waals surface area (Å²) in [5.74, 6) is -0.0987. The van der Waals surface area contributed by atoms with Gasteiger partial charge in [-0.25, -0.2) is 4.79 Å². The van der Waals surface area contributed by atoms with Crippen LogP contribution < -0.4 is 5.32 Å². The van der Waals surface area contributed by atoms with Gasteiger partial charge in [-0.1, -0.05) is 13.0 Å². The van der Waals surface area contributed by atoms with Gasteiger partial charge >= 0.3 is 5.97 Å². The second-order valence-electron chi connectivity index (χ2n) is 4.11. The van der Waals surface area contributed by atoms with Crippen molar-refractivity contribution in [1.29, 1.82) is 0 Å². The molecule has 5 nitrogen and oxygen atoms in total. The van der Waals surface area contributed by atoms with Crippen LogP contribution in [0.2, 0.25) is 0 Å². The molecule has 0 saturated carbocycles. The van der Waals surface area contributed by atoms with Crippen LogP contribution in [-0.2, 0) is 9.47 Å². The standard InChI is InChI=1S/C14H21NO4S/c1-4-20-12-7-5-6-11(13(12)14(16)17)15-8-10(19-3)9-18-2/h5-7,10,15H,4,8-9H2,1-3H3,(H,16,17). The maximum Gasteiger partial charge on any atom is 0.338 e. The lowest BCUT2D eigenvalue weighted by atomic mass is 10.1. The fraction of sp³-hybridized carbons (Fsp3) is 0.500. The highest BCUT2D eigenvalue weighted by molar-refractivity contribution is 7.99. The van der Waals surface area contributed by atoms with Gasteiger partial charge in [0.25, 0.3) is 0 Å². The van der Waals surface area contributed by atoms with Crippen molar-refractivity contribution in [3.05, 3.63) is 23.8 Å². The van der Waals surface area contributed by atoms with Gasteiger partial charge < -0.3 is 19.9 Å². The first-order valence-electron chi connectivity index (χ1n) is 6.38. The molecule has 6 heteroatoms. The van der Waals surface area contributed by atoms with Crippen LogP contribution in [0.5, 0.6) is 0 Å². The van der Waals surface area contributed by atoms with Crippen LogP contribution in [0.4, 0.5) is 5.69 Å². The predicted molar refractivity (Wildman–Crippen MR) is 81.0 cm³/mol. The molecule has 0 aliphatic heterocycles. The van der Waals surface area contributed by atoms with E-state index in [-0.39, 0.29) is 6.10 Å². The highest BCUT2D eigenvalue weighted by Gasteiger charge is 2.16. The molecule has 1 aromatic rings. The van der Waals surface area contributed by atoms with Crippen LogP contribution in [-0.4, -0.2) is 50.3 Å². The molecule has 0 fully saturated rings. The first-order chi connectivity index (χ1) is 9.63. The van der Waals surface area contributed by atoms with E-state index in [0.29, 0.717) is 24.4 Å². The summed E-state index contributed by atoms with van der Waals surface area (Å²) in [5.41, 5.74) is 0.917. The molecule has 0 saturated heterocycles. The first-order valence-corrected chi connectivity index (χ1v) is 7.37. The number of carboxylic acids is 1. The molecule has 1 aromatic carbocycles. The number of carbonyl (C=O) groups is 1. The van der Waals surface area contributed by atoms with Crippen LogP contribution in [0.15, 0.2) is 23.1 Å². The van der Waals surface area contributed by atoms with Gasteiger partial charge in [0.15, 0.2) is 0 Å². The van der Waals surface area contributed by atoms with Gasteiger partial charge in [-0.3, -0.25) is 0 Å². The van der Waals surface area contributed by atoms with Gasteiger partial charge in [0.1, 0.15) is 0 Å². The molecule has 0 bridgehead atoms. The maximum absolute atomic E-state index is 11.4. The van der Waals surface area contributed by atoms with E-state index in [0.717, 1.165) is 10.6 Å². The molecule has 0 aromatic heterocycles. The lowest BCUT2D eigenvalue weighted by Gasteiger charge is -2.18. The van der Waals surface area contributed by atoms with E-state index < -0.39 is 5.97 Å². The Balaban J connectivity index is 2.88. The van der Waals surface area contributed by atoms with Crippen molar-refractivity contribution in [3.63, 3.8) is 0 Å². The number of rotatable bonds is 9. The van der Waals surface area contributed by atoms with Crippen molar-refractivity contribution in [3.8, 4) is 0 Å². The fourth-order valence-electron chi connectivity index (χ4n) is 1.79. The van der Waals surface area contributed by atoms with Gasteiger partial charge in [-0.05, 0) is 17.9 Å². The normalized spacial score (nSPS) is 12.2. The van der Waals surface area contributed by atoms with E-state index in [1.54, 1.807) is 20.3 Å². The van der Waals surface area contributed by atoms with Crippen LogP contribution in [0.1, 0.15) is 17.3 Å². The van der Waals surface area contributed by atoms with Crippen molar-refractivity contribution in [2.45, 2.75) is 17.9 Å². The Bertz CT molecular complexity index is 439. The highest BCUT2D eigenvalue weighted by atomic mass is 32.2. The molecule has 1 unspecified atom stereocenters. The Morgan fingerprint density at radius 3 is 2.75 bits per heavy atom. The van der Waals surface area contributed by atoms with Crippen molar-refractivity contribution in [1.82, 2.24) is 0 Å². The predicted octanol–water partition coefficient (Wildman–Crippen LogP) is 2.57. The van der Waals surface area contributed by atoms with Crippen LogP contribution in [0.3, 0.4) is 0 Å². The van der Waals surface area contributed by atoms with E-state index in [9.17, 15) is 9.90 Å². The second kappa shape index (κ2) is 8.84. The number of methoxy groups -OCH3 is 2. The first kappa shape index (κ1) is 16.8. The van der Waals surface area contributed by atoms with Gasteiger partial charge in [-0.15, -0.1) is 11.8 Å². The van der Waals surface area contributed by atoms with Crippen LogP contribution >= 0.6 is 11.8 Å². The van der Waals surface area contributed by atoms with Crippen molar-refractivity contribution < 1.29 is 19.4 Å². The van der Waals surface area contributed by atoms with E-state index >= 15 is 0 Å². The minimum atomic E-state index is -0.926. The molecule has 1 atom stereocenters. The van der Waals surface area contributed by atoms with E-state index in [4.69, 9.17) is 9.47 Å². The molecule has 0 amide bonds. The van der Waals surface area contributed by atoms with E-state index in [1.165, 1.54) is 11.8 Å². The number of thioether (sulfide) groups is 1. The summed E-state index contributed by atoms with van der Waals surface area (Å²) in [6.07, 6.45) is -0.121. The number of aromatic carboxylic acids is 1. The molecule has 0 spiro atoms. The Kier molecular flexibility index (Phi) is 7.43. The number of anilines is 1. The number of hydrogen-bond donors (Lipinski definition) is 2. The molecule has 112 valence electrons. The largest absolute Gasteiger partial charge is 0.478 e. The summed E-state index contributed by atoms with van der Waals surface area (Å²) in [7, 11) is 3.21. The summed E-state index contributed by atoms with van der Waals surface area (Å²) >= 11 is 1.52. The molecule has 20 heavy (non-hydrogen) atoms. The lowest BCUT2D eigenvalue weighted by molar-refractivity contribution is 0.0365. The molecule has 2 N–H and O–H groups in total. The topological polar surface area (TPSA) is 67.8 Å². The lowest BCUT2D eigenvalue weighted by Crippen LogP contribution is -2.27. The number of benzene rings is 1. The summed E-state index contributed by atoms with van der Waals surface area (Å²) in [5, 5.41) is 12.5. The molecular weight excluding hydrogens is 278 g/mol. The SMILES string of the molecule is CCSc1cccc(NCC(COC)OC)c1C(=O)O.